The third-order valence-electron chi connectivity index (χ3n) is 3.71. The van der Waals surface area contributed by atoms with E-state index in [-0.39, 0.29) is 11.5 Å². The summed E-state index contributed by atoms with van der Waals surface area (Å²) in [6.07, 6.45) is -0.468. The molecule has 2 atom stereocenters. The van der Waals surface area contributed by atoms with E-state index in [9.17, 15) is 23.1 Å². The predicted molar refractivity (Wildman–Crippen MR) is 69.5 cm³/mol. The second kappa shape index (κ2) is 6.43. The van der Waals surface area contributed by atoms with Gasteiger partial charge in [0.05, 0.1) is 11.7 Å². The molecule has 0 saturated heterocycles. The Morgan fingerprint density at radius 1 is 1.33 bits per heavy atom. The van der Waals surface area contributed by atoms with Gasteiger partial charge in [0.25, 0.3) is 5.91 Å². The van der Waals surface area contributed by atoms with Crippen molar-refractivity contribution in [3.8, 4) is 0 Å². The zero-order valence-electron chi connectivity index (χ0n) is 11.4. The first-order valence-electron chi connectivity index (χ1n) is 6.87. The van der Waals surface area contributed by atoms with Crippen LogP contribution in [0.4, 0.5) is 13.2 Å². The number of carbonyl (C=O) groups excluding carboxylic acids is 1. The molecular weight excluding hydrogens is 285 g/mol. The number of alkyl halides is 3. The quantitative estimate of drug-likeness (QED) is 0.901. The number of nitrogens with zero attached hydrogens (tertiary/aromatic N) is 1. The van der Waals surface area contributed by atoms with Gasteiger partial charge in [-0.05, 0) is 25.0 Å². The van der Waals surface area contributed by atoms with Crippen molar-refractivity contribution in [3.05, 3.63) is 29.6 Å². The molecule has 1 aliphatic carbocycles. The minimum Gasteiger partial charge on any atom is -0.393 e. The molecule has 2 rings (SSSR count). The standard InChI is InChI=1S/C14H17F3N2O2/c15-14(16,17)12-6-5-10(8-18-12)13(21)19-7-9-3-1-2-4-11(9)20/h5-6,8-9,11,20H,1-4,7H2,(H,19,21). The van der Waals surface area contributed by atoms with Crippen molar-refractivity contribution in [2.24, 2.45) is 5.92 Å². The van der Waals surface area contributed by atoms with Gasteiger partial charge in [-0.25, -0.2) is 0 Å². The van der Waals surface area contributed by atoms with Crippen LogP contribution in [0, 0.1) is 5.92 Å². The Kier molecular flexibility index (Phi) is 4.82. The number of pyridine rings is 1. The van der Waals surface area contributed by atoms with Gasteiger partial charge in [0, 0.05) is 18.7 Å². The van der Waals surface area contributed by atoms with E-state index >= 15 is 0 Å². The molecule has 1 fully saturated rings. The fourth-order valence-electron chi connectivity index (χ4n) is 2.45. The molecule has 21 heavy (non-hydrogen) atoms. The molecule has 2 unspecified atom stereocenters. The highest BCUT2D eigenvalue weighted by molar-refractivity contribution is 5.93. The lowest BCUT2D eigenvalue weighted by Crippen LogP contribution is -2.36. The summed E-state index contributed by atoms with van der Waals surface area (Å²) in [7, 11) is 0. The van der Waals surface area contributed by atoms with Gasteiger partial charge in [-0.3, -0.25) is 9.78 Å². The van der Waals surface area contributed by atoms with E-state index in [1.165, 1.54) is 0 Å². The first kappa shape index (κ1) is 15.8. The van der Waals surface area contributed by atoms with Gasteiger partial charge in [0.1, 0.15) is 5.69 Å². The molecule has 0 radical (unpaired) electrons. The lowest BCUT2D eigenvalue weighted by molar-refractivity contribution is -0.141. The summed E-state index contributed by atoms with van der Waals surface area (Å²) in [6, 6.07) is 1.88. The Morgan fingerprint density at radius 3 is 2.62 bits per heavy atom. The molecule has 0 aliphatic heterocycles. The van der Waals surface area contributed by atoms with Gasteiger partial charge in [-0.1, -0.05) is 12.8 Å². The number of aliphatic hydroxyl groups is 1. The summed E-state index contributed by atoms with van der Waals surface area (Å²) in [5.41, 5.74) is -0.949. The number of aromatic nitrogens is 1. The van der Waals surface area contributed by atoms with Crippen LogP contribution < -0.4 is 5.32 Å². The van der Waals surface area contributed by atoms with Gasteiger partial charge in [-0.15, -0.1) is 0 Å². The number of carbonyl (C=O) groups is 1. The summed E-state index contributed by atoms with van der Waals surface area (Å²) < 4.78 is 37.1. The van der Waals surface area contributed by atoms with Crippen LogP contribution >= 0.6 is 0 Å². The highest BCUT2D eigenvalue weighted by Gasteiger charge is 2.32. The van der Waals surface area contributed by atoms with Crippen LogP contribution in [-0.2, 0) is 6.18 Å². The molecule has 116 valence electrons. The molecule has 1 aromatic heterocycles. The third-order valence-corrected chi connectivity index (χ3v) is 3.71. The minimum absolute atomic E-state index is 0.00473. The van der Waals surface area contributed by atoms with Crippen molar-refractivity contribution in [1.82, 2.24) is 10.3 Å². The SMILES string of the molecule is O=C(NCC1CCCCC1O)c1ccc(C(F)(F)F)nc1. The summed E-state index contributed by atoms with van der Waals surface area (Å²) in [4.78, 5) is 15.1. The van der Waals surface area contributed by atoms with E-state index in [0.717, 1.165) is 44.0 Å². The number of amides is 1. The van der Waals surface area contributed by atoms with Crippen LogP contribution in [0.2, 0.25) is 0 Å². The van der Waals surface area contributed by atoms with Gasteiger partial charge >= 0.3 is 6.18 Å². The fraction of sp³-hybridized carbons (Fsp3) is 0.571. The van der Waals surface area contributed by atoms with Gasteiger partial charge in [-0.2, -0.15) is 13.2 Å². The lowest BCUT2D eigenvalue weighted by Gasteiger charge is -2.27. The molecule has 1 heterocycles. The van der Waals surface area contributed by atoms with Crippen LogP contribution in [-0.4, -0.2) is 28.6 Å². The van der Waals surface area contributed by atoms with Crippen molar-refractivity contribution >= 4 is 5.91 Å². The van der Waals surface area contributed by atoms with Crippen LogP contribution in [0.25, 0.3) is 0 Å². The van der Waals surface area contributed by atoms with E-state index < -0.39 is 23.9 Å². The van der Waals surface area contributed by atoms with Gasteiger partial charge in [0.2, 0.25) is 0 Å². The lowest BCUT2D eigenvalue weighted by atomic mass is 9.86. The molecule has 1 amide bonds. The van der Waals surface area contributed by atoms with Crippen LogP contribution in [0.5, 0.6) is 0 Å². The van der Waals surface area contributed by atoms with Gasteiger partial charge < -0.3 is 10.4 Å². The monoisotopic (exact) mass is 302 g/mol. The number of nitrogens with one attached hydrogen (secondary N) is 1. The van der Waals surface area contributed by atoms with Crippen LogP contribution in [0.15, 0.2) is 18.3 Å². The largest absolute Gasteiger partial charge is 0.433 e. The van der Waals surface area contributed by atoms with Gasteiger partial charge in [0.15, 0.2) is 0 Å². The normalized spacial score (nSPS) is 22.9. The van der Waals surface area contributed by atoms with Crippen molar-refractivity contribution in [2.75, 3.05) is 6.54 Å². The van der Waals surface area contributed by atoms with E-state index in [2.05, 4.69) is 10.3 Å². The van der Waals surface area contributed by atoms with E-state index in [1.807, 2.05) is 0 Å². The maximum Gasteiger partial charge on any atom is 0.433 e. The maximum absolute atomic E-state index is 12.4. The number of hydrogen-bond acceptors (Lipinski definition) is 3. The Hall–Kier alpha value is -1.63. The smallest absolute Gasteiger partial charge is 0.393 e. The third kappa shape index (κ3) is 4.17. The molecule has 7 heteroatoms. The Morgan fingerprint density at radius 2 is 2.05 bits per heavy atom. The number of aliphatic hydroxyl groups excluding tert-OH is 1. The zero-order valence-corrected chi connectivity index (χ0v) is 11.4. The molecule has 1 saturated carbocycles. The molecule has 4 nitrogen and oxygen atoms in total. The summed E-state index contributed by atoms with van der Waals surface area (Å²) >= 11 is 0. The van der Waals surface area contributed by atoms with Crippen molar-refractivity contribution in [3.63, 3.8) is 0 Å². The number of halogens is 3. The van der Waals surface area contributed by atoms with E-state index in [0.29, 0.717) is 6.54 Å². The highest BCUT2D eigenvalue weighted by Crippen LogP contribution is 2.27. The average molecular weight is 302 g/mol. The Labute approximate surface area is 120 Å². The Bertz CT molecular complexity index is 488. The zero-order chi connectivity index (χ0) is 15.5. The topological polar surface area (TPSA) is 62.2 Å². The van der Waals surface area contributed by atoms with E-state index in [1.54, 1.807) is 0 Å². The first-order valence-corrected chi connectivity index (χ1v) is 6.87. The molecule has 0 aromatic carbocycles. The summed E-state index contributed by atoms with van der Waals surface area (Å²) in [5, 5.41) is 12.4. The second-order valence-electron chi connectivity index (χ2n) is 5.25. The van der Waals surface area contributed by atoms with Crippen LogP contribution in [0.3, 0.4) is 0 Å². The molecule has 0 spiro atoms. The Balaban J connectivity index is 1.91. The summed E-state index contributed by atoms with van der Waals surface area (Å²) in [6.45, 7) is 0.320. The van der Waals surface area contributed by atoms with E-state index in [4.69, 9.17) is 0 Å². The molecule has 2 N–H and O–H groups in total. The maximum atomic E-state index is 12.4. The summed E-state index contributed by atoms with van der Waals surface area (Å²) in [5.74, 6) is -0.473. The predicted octanol–water partition coefficient (Wildman–Crippen LogP) is 2.38. The number of rotatable bonds is 3. The second-order valence-corrected chi connectivity index (χ2v) is 5.25. The number of hydrogen-bond donors (Lipinski definition) is 2. The molecular formula is C14H17F3N2O2. The molecule has 1 aliphatic rings. The molecule has 1 aromatic rings. The molecule has 0 bridgehead atoms. The highest BCUT2D eigenvalue weighted by atomic mass is 19.4. The fourth-order valence-corrected chi connectivity index (χ4v) is 2.45. The van der Waals surface area contributed by atoms with Crippen LogP contribution in [0.1, 0.15) is 41.7 Å². The first-order chi connectivity index (χ1) is 9.88. The minimum atomic E-state index is -4.51. The van der Waals surface area contributed by atoms with Crippen molar-refractivity contribution in [1.29, 1.82) is 0 Å². The average Bonchev–Trinajstić information content (AvgIpc) is 2.45. The van der Waals surface area contributed by atoms with Crippen molar-refractivity contribution in [2.45, 2.75) is 38.0 Å². The van der Waals surface area contributed by atoms with Crippen molar-refractivity contribution < 1.29 is 23.1 Å².